The molecule has 0 saturated heterocycles. The van der Waals surface area contributed by atoms with Crippen molar-refractivity contribution >= 4 is 22.0 Å². The van der Waals surface area contributed by atoms with Crippen LogP contribution in [0.1, 0.15) is 15.9 Å². The summed E-state index contributed by atoms with van der Waals surface area (Å²) in [5.74, 6) is -2.71. The molecule has 3 N–H and O–H groups in total. The Morgan fingerprint density at radius 2 is 1.77 bits per heavy atom. The van der Waals surface area contributed by atoms with Crippen LogP contribution >= 0.6 is 0 Å². The SMILES string of the molecule is COc1ccc(S(=O)(=O)N[C@@H](Cc2ccccc2)C(=O)O)cc1C(=O)O. The van der Waals surface area contributed by atoms with E-state index in [4.69, 9.17) is 9.84 Å². The third-order valence-corrected chi connectivity index (χ3v) is 5.06. The maximum absolute atomic E-state index is 12.5. The van der Waals surface area contributed by atoms with Crippen molar-refractivity contribution in [3.63, 3.8) is 0 Å². The third-order valence-electron chi connectivity index (χ3n) is 3.59. The van der Waals surface area contributed by atoms with Crippen molar-refractivity contribution in [2.75, 3.05) is 7.11 Å². The van der Waals surface area contributed by atoms with E-state index in [1.807, 2.05) is 0 Å². The van der Waals surface area contributed by atoms with E-state index in [2.05, 4.69) is 4.72 Å². The van der Waals surface area contributed by atoms with E-state index in [1.165, 1.54) is 13.2 Å². The standard InChI is InChI=1S/C17H17NO7S/c1-25-15-8-7-12(10-13(15)16(19)20)26(23,24)18-14(17(21)22)9-11-5-3-2-4-6-11/h2-8,10,14,18H,9H2,1H3,(H,19,20)(H,21,22)/t14-/m0/s1. The largest absolute Gasteiger partial charge is 0.496 e. The summed E-state index contributed by atoms with van der Waals surface area (Å²) < 4.78 is 32.0. The Balaban J connectivity index is 2.32. The zero-order valence-electron chi connectivity index (χ0n) is 13.7. The van der Waals surface area contributed by atoms with Crippen molar-refractivity contribution in [2.45, 2.75) is 17.4 Å². The lowest BCUT2D eigenvalue weighted by Gasteiger charge is -2.15. The zero-order valence-corrected chi connectivity index (χ0v) is 14.6. The number of hydrogen-bond donors (Lipinski definition) is 3. The summed E-state index contributed by atoms with van der Waals surface area (Å²) in [5.41, 5.74) is 0.300. The lowest BCUT2D eigenvalue weighted by Crippen LogP contribution is -2.42. The molecule has 0 fully saturated rings. The van der Waals surface area contributed by atoms with E-state index >= 15 is 0 Å². The van der Waals surface area contributed by atoms with Crippen molar-refractivity contribution in [1.29, 1.82) is 0 Å². The van der Waals surface area contributed by atoms with Gasteiger partial charge in [-0.15, -0.1) is 0 Å². The average molecular weight is 379 g/mol. The van der Waals surface area contributed by atoms with Crippen LogP contribution in [0.25, 0.3) is 0 Å². The molecule has 0 unspecified atom stereocenters. The molecule has 26 heavy (non-hydrogen) atoms. The topological polar surface area (TPSA) is 130 Å². The van der Waals surface area contributed by atoms with Gasteiger partial charge in [0.25, 0.3) is 0 Å². The highest BCUT2D eigenvalue weighted by Gasteiger charge is 2.27. The fraction of sp³-hybridized carbons (Fsp3) is 0.176. The van der Waals surface area contributed by atoms with Crippen LogP contribution in [0, 0.1) is 0 Å². The number of rotatable bonds is 8. The molecule has 0 spiro atoms. The van der Waals surface area contributed by atoms with E-state index < -0.39 is 28.0 Å². The van der Waals surface area contributed by atoms with E-state index in [9.17, 15) is 23.1 Å². The van der Waals surface area contributed by atoms with Gasteiger partial charge in [-0.25, -0.2) is 13.2 Å². The van der Waals surface area contributed by atoms with E-state index in [0.717, 1.165) is 12.1 Å². The van der Waals surface area contributed by atoms with Crippen LogP contribution in [0.4, 0.5) is 0 Å². The minimum atomic E-state index is -4.26. The van der Waals surface area contributed by atoms with Gasteiger partial charge in [0.15, 0.2) is 0 Å². The first-order valence-electron chi connectivity index (χ1n) is 7.45. The van der Waals surface area contributed by atoms with E-state index in [-0.39, 0.29) is 22.6 Å². The molecule has 9 heteroatoms. The van der Waals surface area contributed by atoms with E-state index in [1.54, 1.807) is 30.3 Å². The quantitative estimate of drug-likeness (QED) is 0.631. The Morgan fingerprint density at radius 3 is 2.31 bits per heavy atom. The van der Waals surface area contributed by atoms with Crippen molar-refractivity contribution in [1.82, 2.24) is 4.72 Å². The molecule has 0 aliphatic carbocycles. The number of benzene rings is 2. The highest BCUT2D eigenvalue weighted by atomic mass is 32.2. The van der Waals surface area contributed by atoms with E-state index in [0.29, 0.717) is 5.56 Å². The summed E-state index contributed by atoms with van der Waals surface area (Å²) in [7, 11) is -3.00. The molecule has 0 aliphatic rings. The molecule has 0 amide bonds. The van der Waals surface area contributed by atoms with Crippen LogP contribution in [0.3, 0.4) is 0 Å². The molecule has 0 heterocycles. The average Bonchev–Trinajstić information content (AvgIpc) is 2.61. The summed E-state index contributed by atoms with van der Waals surface area (Å²) in [4.78, 5) is 22.3. The molecular formula is C17H17NO7S. The zero-order chi connectivity index (χ0) is 19.3. The number of nitrogens with one attached hydrogen (secondary N) is 1. The molecule has 2 aromatic rings. The minimum absolute atomic E-state index is 0.00415. The molecule has 2 aromatic carbocycles. The second-order valence-corrected chi connectivity index (χ2v) is 7.08. The maximum Gasteiger partial charge on any atom is 0.339 e. The Kier molecular flexibility index (Phi) is 5.96. The van der Waals surface area contributed by atoms with Crippen molar-refractivity contribution in [2.24, 2.45) is 0 Å². The van der Waals surface area contributed by atoms with Crippen molar-refractivity contribution in [3.8, 4) is 5.75 Å². The van der Waals surface area contributed by atoms with Gasteiger partial charge in [-0.05, 0) is 30.2 Å². The summed E-state index contributed by atoms with van der Waals surface area (Å²) in [5, 5.41) is 18.5. The fourth-order valence-corrected chi connectivity index (χ4v) is 3.52. The normalized spacial score (nSPS) is 12.3. The first kappa shape index (κ1) is 19.4. The Hall–Kier alpha value is -2.91. The van der Waals surface area contributed by atoms with Crippen molar-refractivity contribution < 1.29 is 33.0 Å². The van der Waals surface area contributed by atoms with Crippen LogP contribution < -0.4 is 9.46 Å². The first-order chi connectivity index (χ1) is 12.2. The number of aromatic carboxylic acids is 1. The lowest BCUT2D eigenvalue weighted by molar-refractivity contribution is -0.138. The number of carbonyl (C=O) groups is 2. The Morgan fingerprint density at radius 1 is 1.12 bits per heavy atom. The highest BCUT2D eigenvalue weighted by Crippen LogP contribution is 2.22. The van der Waals surface area contributed by atoms with Gasteiger partial charge in [-0.1, -0.05) is 30.3 Å². The van der Waals surface area contributed by atoms with Gasteiger partial charge in [0.1, 0.15) is 17.4 Å². The van der Waals surface area contributed by atoms with Crippen LogP contribution in [-0.4, -0.2) is 43.7 Å². The second-order valence-electron chi connectivity index (χ2n) is 5.37. The van der Waals surface area contributed by atoms with Gasteiger partial charge >= 0.3 is 11.9 Å². The smallest absolute Gasteiger partial charge is 0.339 e. The monoisotopic (exact) mass is 379 g/mol. The summed E-state index contributed by atoms with van der Waals surface area (Å²) in [6, 6.07) is 10.4. The summed E-state index contributed by atoms with van der Waals surface area (Å²) in [6.45, 7) is 0. The molecular weight excluding hydrogens is 362 g/mol. The molecule has 2 rings (SSSR count). The Labute approximate surface area is 150 Å². The summed E-state index contributed by atoms with van der Waals surface area (Å²) in [6.07, 6.45) is -0.0582. The predicted octanol–water partition coefficient (Wildman–Crippen LogP) is 1.37. The number of sulfonamides is 1. The maximum atomic E-state index is 12.5. The lowest BCUT2D eigenvalue weighted by atomic mass is 10.1. The van der Waals surface area contributed by atoms with Gasteiger partial charge in [-0.3, -0.25) is 4.79 Å². The van der Waals surface area contributed by atoms with Gasteiger partial charge in [0.05, 0.1) is 12.0 Å². The third kappa shape index (κ3) is 4.58. The van der Waals surface area contributed by atoms with Crippen LogP contribution in [0.15, 0.2) is 53.4 Å². The Bertz CT molecular complexity index is 910. The molecule has 0 aliphatic heterocycles. The van der Waals surface area contributed by atoms with Crippen molar-refractivity contribution in [3.05, 3.63) is 59.7 Å². The highest BCUT2D eigenvalue weighted by molar-refractivity contribution is 7.89. The molecule has 0 bridgehead atoms. The van der Waals surface area contributed by atoms with Crippen LogP contribution in [0.5, 0.6) is 5.75 Å². The minimum Gasteiger partial charge on any atom is -0.496 e. The number of methoxy groups -OCH3 is 1. The first-order valence-corrected chi connectivity index (χ1v) is 8.93. The number of carboxylic acid groups (broad SMARTS) is 2. The number of hydrogen-bond acceptors (Lipinski definition) is 5. The summed E-state index contributed by atoms with van der Waals surface area (Å²) >= 11 is 0. The van der Waals surface area contributed by atoms with Crippen LogP contribution in [-0.2, 0) is 21.2 Å². The molecule has 8 nitrogen and oxygen atoms in total. The van der Waals surface area contributed by atoms with Gasteiger partial charge in [0, 0.05) is 0 Å². The molecule has 138 valence electrons. The molecule has 0 radical (unpaired) electrons. The second kappa shape index (κ2) is 7.98. The van der Waals surface area contributed by atoms with Gasteiger partial charge in [0.2, 0.25) is 10.0 Å². The fourth-order valence-electron chi connectivity index (χ4n) is 2.31. The molecule has 0 aromatic heterocycles. The van der Waals surface area contributed by atoms with Gasteiger partial charge < -0.3 is 14.9 Å². The number of ether oxygens (including phenoxy) is 1. The van der Waals surface area contributed by atoms with Crippen LogP contribution in [0.2, 0.25) is 0 Å². The number of aliphatic carboxylic acids is 1. The predicted molar refractivity (Wildman–Crippen MR) is 91.8 cm³/mol. The number of carboxylic acids is 2. The molecule has 1 atom stereocenters. The molecule has 0 saturated carbocycles. The van der Waals surface area contributed by atoms with Gasteiger partial charge in [-0.2, -0.15) is 4.72 Å².